The number of hydrogen-bond donors (Lipinski definition) is 0. The lowest BCUT2D eigenvalue weighted by Gasteiger charge is -2.07. The average molecular weight is 416 g/mol. The molecular weight excluding hydrogens is 399 g/mol. The second-order valence-corrected chi connectivity index (χ2v) is 6.71. The van der Waals surface area contributed by atoms with Gasteiger partial charge >= 0.3 is 6.18 Å². The van der Waals surface area contributed by atoms with Gasteiger partial charge in [0.2, 0.25) is 17.9 Å². The van der Waals surface area contributed by atoms with E-state index in [4.69, 9.17) is 10.5 Å². The Morgan fingerprint density at radius 2 is 1.10 bits per heavy atom. The summed E-state index contributed by atoms with van der Waals surface area (Å²) in [5.41, 5.74) is 3.36. The molecule has 0 saturated heterocycles. The van der Waals surface area contributed by atoms with Crippen molar-refractivity contribution in [2.24, 2.45) is 0 Å². The van der Waals surface area contributed by atoms with Crippen molar-refractivity contribution in [1.82, 2.24) is 0 Å². The molecular formula is C25H17F3N3+. The zero-order valence-corrected chi connectivity index (χ0v) is 16.3. The average Bonchev–Trinajstić information content (AvgIpc) is 2.77. The Morgan fingerprint density at radius 3 is 1.45 bits per heavy atom. The Hall–Kier alpha value is -4.16. The van der Waals surface area contributed by atoms with Gasteiger partial charge in [-0.15, -0.1) is 0 Å². The number of nitriles is 2. The molecule has 0 atom stereocenters. The number of alkyl halides is 3. The van der Waals surface area contributed by atoms with Crippen LogP contribution in [0.25, 0.3) is 24.3 Å². The molecule has 3 aromatic rings. The second-order valence-electron chi connectivity index (χ2n) is 6.71. The van der Waals surface area contributed by atoms with Crippen molar-refractivity contribution >= 4 is 24.3 Å². The molecule has 0 N–H and O–H groups in total. The number of nitrogens with zero attached hydrogens (tertiary/aromatic N) is 3. The number of hydrogen-bond acceptors (Lipinski definition) is 2. The summed E-state index contributed by atoms with van der Waals surface area (Å²) in [6, 6.07) is 22.5. The quantitative estimate of drug-likeness (QED) is 0.507. The van der Waals surface area contributed by atoms with Crippen LogP contribution >= 0.6 is 0 Å². The van der Waals surface area contributed by atoms with Crippen LogP contribution in [0.4, 0.5) is 13.2 Å². The molecule has 0 fully saturated rings. The highest BCUT2D eigenvalue weighted by molar-refractivity contribution is 5.69. The van der Waals surface area contributed by atoms with E-state index < -0.39 is 12.7 Å². The molecule has 1 heterocycles. The monoisotopic (exact) mass is 416 g/mol. The molecule has 0 radical (unpaired) electrons. The Balaban J connectivity index is 1.95. The molecule has 1 aromatic heterocycles. The Kier molecular flexibility index (Phi) is 6.64. The topological polar surface area (TPSA) is 51.5 Å². The van der Waals surface area contributed by atoms with Crippen LogP contribution in [0.15, 0.2) is 66.7 Å². The molecule has 3 rings (SSSR count). The van der Waals surface area contributed by atoms with Gasteiger partial charge in [0.15, 0.2) is 0 Å². The Bertz CT molecular complexity index is 1110. The van der Waals surface area contributed by atoms with Crippen molar-refractivity contribution in [3.63, 3.8) is 0 Å². The third-order valence-corrected chi connectivity index (χ3v) is 4.47. The fourth-order valence-electron chi connectivity index (χ4n) is 2.93. The lowest BCUT2D eigenvalue weighted by molar-refractivity contribution is -0.722. The van der Waals surface area contributed by atoms with Gasteiger partial charge in [-0.3, -0.25) is 0 Å². The van der Waals surface area contributed by atoms with E-state index in [2.05, 4.69) is 0 Å². The number of pyridine rings is 1. The molecule has 152 valence electrons. The van der Waals surface area contributed by atoms with E-state index >= 15 is 0 Å². The van der Waals surface area contributed by atoms with E-state index in [9.17, 15) is 13.2 Å². The van der Waals surface area contributed by atoms with Crippen LogP contribution in [0.5, 0.6) is 0 Å². The van der Waals surface area contributed by atoms with E-state index in [-0.39, 0.29) is 0 Å². The SMILES string of the molecule is N#Cc1ccc(/C=C/c2cccc(/C=C/c3ccc(C#N)cc3)[n+]2CC(F)(F)F)cc1. The van der Waals surface area contributed by atoms with Gasteiger partial charge in [0.25, 0.3) is 0 Å². The normalized spacial score (nSPS) is 11.5. The molecule has 6 heteroatoms. The number of halogens is 3. The van der Waals surface area contributed by atoms with Crippen molar-refractivity contribution in [2.45, 2.75) is 12.7 Å². The van der Waals surface area contributed by atoms with Crippen molar-refractivity contribution in [2.75, 3.05) is 0 Å². The summed E-state index contributed by atoms with van der Waals surface area (Å²) >= 11 is 0. The highest BCUT2D eigenvalue weighted by Gasteiger charge is 2.35. The molecule has 0 aliphatic heterocycles. The van der Waals surface area contributed by atoms with Crippen molar-refractivity contribution in [1.29, 1.82) is 10.5 Å². The molecule has 31 heavy (non-hydrogen) atoms. The van der Waals surface area contributed by atoms with Crippen LogP contribution < -0.4 is 4.57 Å². The first-order valence-corrected chi connectivity index (χ1v) is 9.34. The van der Waals surface area contributed by atoms with Crippen molar-refractivity contribution in [3.05, 3.63) is 100 Å². The Labute approximate surface area is 178 Å². The molecule has 3 nitrogen and oxygen atoms in total. The fourth-order valence-corrected chi connectivity index (χ4v) is 2.93. The van der Waals surface area contributed by atoms with E-state index in [0.717, 1.165) is 11.1 Å². The largest absolute Gasteiger partial charge is 0.448 e. The van der Waals surface area contributed by atoms with Gasteiger partial charge in [0.05, 0.1) is 23.3 Å². The van der Waals surface area contributed by atoms with Gasteiger partial charge in [0, 0.05) is 24.3 Å². The highest BCUT2D eigenvalue weighted by atomic mass is 19.4. The van der Waals surface area contributed by atoms with Gasteiger partial charge in [-0.1, -0.05) is 24.3 Å². The minimum Gasteiger partial charge on any atom is -0.192 e. The van der Waals surface area contributed by atoms with Gasteiger partial charge < -0.3 is 0 Å². The summed E-state index contributed by atoms with van der Waals surface area (Å²) in [7, 11) is 0. The third-order valence-electron chi connectivity index (χ3n) is 4.47. The first-order valence-electron chi connectivity index (χ1n) is 9.34. The molecule has 2 aromatic carbocycles. The maximum Gasteiger partial charge on any atom is 0.448 e. The van der Waals surface area contributed by atoms with Crippen molar-refractivity contribution in [3.8, 4) is 12.1 Å². The van der Waals surface area contributed by atoms with Crippen LogP contribution in [0.1, 0.15) is 33.6 Å². The summed E-state index contributed by atoms with van der Waals surface area (Å²) in [5, 5.41) is 17.7. The lowest BCUT2D eigenvalue weighted by Crippen LogP contribution is -2.46. The molecule has 0 amide bonds. The molecule has 0 unspecified atom stereocenters. The zero-order valence-electron chi connectivity index (χ0n) is 16.3. The predicted molar refractivity (Wildman–Crippen MR) is 113 cm³/mol. The molecule has 0 aliphatic carbocycles. The van der Waals surface area contributed by atoms with Crippen LogP contribution in [0.2, 0.25) is 0 Å². The number of aromatic nitrogens is 1. The second kappa shape index (κ2) is 9.56. The van der Waals surface area contributed by atoms with E-state index in [1.54, 1.807) is 91.0 Å². The summed E-state index contributed by atoms with van der Waals surface area (Å²) in [6.07, 6.45) is 2.26. The van der Waals surface area contributed by atoms with Crippen molar-refractivity contribution < 1.29 is 17.7 Å². The third kappa shape index (κ3) is 6.16. The predicted octanol–water partition coefficient (Wildman–Crippen LogP) is 5.62. The lowest BCUT2D eigenvalue weighted by atomic mass is 10.1. The first-order chi connectivity index (χ1) is 14.9. The minimum absolute atomic E-state index is 0.392. The van der Waals surface area contributed by atoms with E-state index in [1.807, 2.05) is 12.1 Å². The summed E-state index contributed by atoms with van der Waals surface area (Å²) in [4.78, 5) is 0. The zero-order chi connectivity index (χ0) is 22.3. The van der Waals surface area contributed by atoms with Crippen LogP contribution in [0.3, 0.4) is 0 Å². The number of rotatable bonds is 5. The van der Waals surface area contributed by atoms with Gasteiger partial charge in [0.1, 0.15) is 0 Å². The molecule has 0 bridgehead atoms. The maximum atomic E-state index is 13.3. The maximum absolute atomic E-state index is 13.3. The summed E-state index contributed by atoms with van der Waals surface area (Å²) < 4.78 is 41.0. The smallest absolute Gasteiger partial charge is 0.192 e. The molecule has 0 saturated carbocycles. The highest BCUT2D eigenvalue weighted by Crippen LogP contribution is 2.17. The fraction of sp³-hybridized carbons (Fsp3) is 0.0800. The minimum atomic E-state index is -4.39. The molecule has 0 spiro atoms. The van der Waals surface area contributed by atoms with E-state index in [1.165, 1.54) is 4.57 Å². The number of benzene rings is 2. The van der Waals surface area contributed by atoms with Gasteiger partial charge in [-0.05, 0) is 53.6 Å². The molecule has 0 aliphatic rings. The van der Waals surface area contributed by atoms with Gasteiger partial charge in [-0.25, -0.2) is 0 Å². The van der Waals surface area contributed by atoms with E-state index in [0.29, 0.717) is 22.5 Å². The standard InChI is InChI=1S/C25H17F3N3/c26-25(27,28)18-31-23(14-12-19-4-8-21(16-29)9-5-19)2-1-3-24(31)15-13-20-6-10-22(17-30)11-7-20/h1-15H,18H2/q+1/b14-12+,15-13+. The first kappa shape index (κ1) is 21.5. The summed E-state index contributed by atoms with van der Waals surface area (Å²) in [5.74, 6) is 0. The van der Waals surface area contributed by atoms with Gasteiger partial charge in [-0.2, -0.15) is 28.3 Å². The van der Waals surface area contributed by atoms with Crippen LogP contribution in [-0.2, 0) is 6.54 Å². The van der Waals surface area contributed by atoms with Crippen LogP contribution in [-0.4, -0.2) is 6.18 Å². The Morgan fingerprint density at radius 1 is 0.677 bits per heavy atom. The summed E-state index contributed by atoms with van der Waals surface area (Å²) in [6.45, 7) is -1.13. The van der Waals surface area contributed by atoms with Crippen LogP contribution in [0, 0.1) is 22.7 Å².